The van der Waals surface area contributed by atoms with Gasteiger partial charge in [-0.15, -0.1) is 0 Å². The van der Waals surface area contributed by atoms with E-state index in [1.807, 2.05) is 26.8 Å². The molecule has 0 aliphatic carbocycles. The van der Waals surface area contributed by atoms with Gasteiger partial charge in [0.25, 0.3) is 0 Å². The Hall–Kier alpha value is -3.56. The molecule has 1 aromatic heterocycles. The highest BCUT2D eigenvalue weighted by Crippen LogP contribution is 2.37. The molecule has 1 unspecified atom stereocenters. The second-order valence-electron chi connectivity index (χ2n) is 8.09. The molecule has 0 fully saturated rings. The van der Waals surface area contributed by atoms with E-state index < -0.39 is 29.6 Å². The maximum absolute atomic E-state index is 13.2. The Balaban J connectivity index is 2.44. The van der Waals surface area contributed by atoms with Gasteiger partial charge in [0, 0.05) is 5.54 Å². The first-order chi connectivity index (χ1) is 15.1. The van der Waals surface area contributed by atoms with Crippen LogP contribution in [0.2, 0.25) is 0 Å². The van der Waals surface area contributed by atoms with E-state index in [-0.39, 0.29) is 30.6 Å². The number of carbonyl (C=O) groups is 3. The summed E-state index contributed by atoms with van der Waals surface area (Å²) in [5.41, 5.74) is 0.619. The van der Waals surface area contributed by atoms with Gasteiger partial charge in [-0.3, -0.25) is 4.57 Å². The van der Waals surface area contributed by atoms with Crippen molar-refractivity contribution in [2.45, 2.75) is 46.2 Å². The van der Waals surface area contributed by atoms with Crippen LogP contribution in [-0.4, -0.2) is 59.5 Å². The Kier molecular flexibility index (Phi) is 6.42. The van der Waals surface area contributed by atoms with E-state index in [4.69, 9.17) is 14.2 Å². The molecule has 32 heavy (non-hydrogen) atoms. The highest BCUT2D eigenvalue weighted by molar-refractivity contribution is 6.11. The van der Waals surface area contributed by atoms with Gasteiger partial charge in [0.1, 0.15) is 11.4 Å². The SMILES string of the molecule is CCOC(=O)C1=C(NC(C)(C)C)n2c(nc3ccccc32)N(C(=O)OC)C1C(=O)OCC. The number of aromatic nitrogens is 2. The van der Waals surface area contributed by atoms with E-state index in [1.54, 1.807) is 36.6 Å². The average Bonchev–Trinajstić information content (AvgIpc) is 3.11. The van der Waals surface area contributed by atoms with Crippen molar-refractivity contribution >= 4 is 40.8 Å². The minimum atomic E-state index is -1.45. The predicted octanol–water partition coefficient (Wildman–Crippen LogP) is 2.67. The quantitative estimate of drug-likeness (QED) is 0.553. The molecule has 1 N–H and O–H groups in total. The molecule has 0 spiro atoms. The van der Waals surface area contributed by atoms with Crippen molar-refractivity contribution in [2.24, 2.45) is 0 Å². The molecule has 1 aromatic carbocycles. The van der Waals surface area contributed by atoms with E-state index in [2.05, 4.69) is 10.3 Å². The third kappa shape index (κ3) is 4.12. The fourth-order valence-electron chi connectivity index (χ4n) is 3.52. The van der Waals surface area contributed by atoms with Crippen LogP contribution < -0.4 is 10.2 Å². The number of nitrogens with zero attached hydrogens (tertiary/aromatic N) is 3. The molecule has 0 bridgehead atoms. The number of amides is 1. The van der Waals surface area contributed by atoms with E-state index >= 15 is 0 Å². The van der Waals surface area contributed by atoms with Gasteiger partial charge in [-0.2, -0.15) is 0 Å². The van der Waals surface area contributed by atoms with Crippen LogP contribution in [0.4, 0.5) is 10.7 Å². The predicted molar refractivity (Wildman–Crippen MR) is 118 cm³/mol. The minimum absolute atomic E-state index is 0.0545. The van der Waals surface area contributed by atoms with Gasteiger partial charge in [0.2, 0.25) is 5.95 Å². The third-order valence-electron chi connectivity index (χ3n) is 4.64. The molecule has 172 valence electrons. The monoisotopic (exact) mass is 444 g/mol. The fraction of sp³-hybridized carbons (Fsp3) is 0.455. The molecule has 0 saturated heterocycles. The summed E-state index contributed by atoms with van der Waals surface area (Å²) in [6, 6.07) is 5.75. The second-order valence-corrected chi connectivity index (χ2v) is 8.09. The average molecular weight is 444 g/mol. The molecule has 2 heterocycles. The van der Waals surface area contributed by atoms with Gasteiger partial charge in [-0.1, -0.05) is 12.1 Å². The van der Waals surface area contributed by atoms with E-state index in [0.717, 1.165) is 4.90 Å². The maximum atomic E-state index is 13.2. The number of benzene rings is 1. The lowest BCUT2D eigenvalue weighted by Gasteiger charge is -2.37. The Bertz CT molecular complexity index is 1080. The number of imidazole rings is 1. The van der Waals surface area contributed by atoms with Crippen LogP contribution in [0.3, 0.4) is 0 Å². The lowest BCUT2D eigenvalue weighted by Crippen LogP contribution is -2.54. The molecule has 1 aliphatic heterocycles. The lowest BCUT2D eigenvalue weighted by molar-refractivity contribution is -0.147. The Morgan fingerprint density at radius 3 is 2.34 bits per heavy atom. The summed E-state index contributed by atoms with van der Waals surface area (Å²) in [6.45, 7) is 9.17. The van der Waals surface area contributed by atoms with Crippen LogP contribution in [0.15, 0.2) is 29.8 Å². The first-order valence-corrected chi connectivity index (χ1v) is 10.4. The first kappa shape index (κ1) is 23.1. The highest BCUT2D eigenvalue weighted by atomic mass is 16.6. The van der Waals surface area contributed by atoms with Crippen LogP contribution in [0.25, 0.3) is 16.9 Å². The van der Waals surface area contributed by atoms with E-state index in [0.29, 0.717) is 11.0 Å². The van der Waals surface area contributed by atoms with Crippen molar-refractivity contribution in [3.63, 3.8) is 0 Å². The summed E-state index contributed by atoms with van der Waals surface area (Å²) in [5.74, 6) is -1.14. The molecular formula is C22H28N4O6. The molecule has 10 heteroatoms. The minimum Gasteiger partial charge on any atom is -0.464 e. The Morgan fingerprint density at radius 1 is 1.09 bits per heavy atom. The van der Waals surface area contributed by atoms with Crippen LogP contribution in [0.5, 0.6) is 0 Å². The van der Waals surface area contributed by atoms with Gasteiger partial charge < -0.3 is 19.5 Å². The van der Waals surface area contributed by atoms with Crippen LogP contribution >= 0.6 is 0 Å². The first-order valence-electron chi connectivity index (χ1n) is 10.4. The number of esters is 2. The number of nitrogens with one attached hydrogen (secondary N) is 1. The molecule has 1 atom stereocenters. The number of anilines is 1. The molecule has 10 nitrogen and oxygen atoms in total. The topological polar surface area (TPSA) is 112 Å². The number of methoxy groups -OCH3 is 1. The summed E-state index contributed by atoms with van der Waals surface area (Å²) in [5, 5.41) is 3.30. The zero-order valence-electron chi connectivity index (χ0n) is 19.1. The second kappa shape index (κ2) is 8.89. The van der Waals surface area contributed by atoms with E-state index in [9.17, 15) is 14.4 Å². The smallest absolute Gasteiger partial charge is 0.417 e. The number of fused-ring (bicyclic) bond motifs is 3. The lowest BCUT2D eigenvalue weighted by atomic mass is 10.0. The molecule has 3 rings (SSSR count). The molecule has 0 saturated carbocycles. The normalized spacial score (nSPS) is 15.9. The Labute approximate surface area is 186 Å². The van der Waals surface area contributed by atoms with Gasteiger partial charge >= 0.3 is 18.0 Å². The Morgan fingerprint density at radius 2 is 1.75 bits per heavy atom. The van der Waals surface area contributed by atoms with Crippen molar-refractivity contribution in [1.29, 1.82) is 0 Å². The van der Waals surface area contributed by atoms with Gasteiger partial charge in [0.15, 0.2) is 6.04 Å². The van der Waals surface area contributed by atoms with Crippen LogP contribution in [0, 0.1) is 0 Å². The number of hydrogen-bond donors (Lipinski definition) is 1. The molecule has 0 radical (unpaired) electrons. The summed E-state index contributed by atoms with van der Waals surface area (Å²) in [4.78, 5) is 44.8. The number of carbonyl (C=O) groups excluding carboxylic acids is 3. The summed E-state index contributed by atoms with van der Waals surface area (Å²) < 4.78 is 17.1. The van der Waals surface area contributed by atoms with Gasteiger partial charge in [-0.05, 0) is 46.8 Å². The van der Waals surface area contributed by atoms with Crippen molar-refractivity contribution in [3.05, 3.63) is 29.8 Å². The molecule has 1 aliphatic rings. The van der Waals surface area contributed by atoms with Gasteiger partial charge in [-0.25, -0.2) is 24.3 Å². The van der Waals surface area contributed by atoms with Crippen molar-refractivity contribution in [2.75, 3.05) is 25.2 Å². The zero-order chi connectivity index (χ0) is 23.6. The van der Waals surface area contributed by atoms with Crippen molar-refractivity contribution in [3.8, 4) is 0 Å². The number of para-hydroxylation sites is 2. The van der Waals surface area contributed by atoms with Crippen LogP contribution in [-0.2, 0) is 23.8 Å². The van der Waals surface area contributed by atoms with Crippen molar-refractivity contribution < 1.29 is 28.6 Å². The third-order valence-corrected chi connectivity index (χ3v) is 4.64. The standard InChI is InChI=1S/C22H28N4O6/c1-7-31-18(27)15-16(19(28)32-8-2)26(21(29)30-6)20-23-13-11-9-10-12-14(13)25(20)17(15)24-22(3,4)5/h9-12,16,24H,7-8H2,1-6H3. The number of ether oxygens (including phenoxy) is 3. The fourth-order valence-corrected chi connectivity index (χ4v) is 3.52. The van der Waals surface area contributed by atoms with Crippen LogP contribution in [0.1, 0.15) is 34.6 Å². The summed E-state index contributed by atoms with van der Waals surface area (Å²) >= 11 is 0. The molecular weight excluding hydrogens is 416 g/mol. The summed E-state index contributed by atoms with van der Waals surface area (Å²) in [7, 11) is 1.19. The van der Waals surface area contributed by atoms with Crippen molar-refractivity contribution in [1.82, 2.24) is 14.9 Å². The number of hydrogen-bond acceptors (Lipinski definition) is 8. The zero-order valence-corrected chi connectivity index (χ0v) is 19.1. The largest absolute Gasteiger partial charge is 0.464 e. The van der Waals surface area contributed by atoms with E-state index in [1.165, 1.54) is 7.11 Å². The highest BCUT2D eigenvalue weighted by Gasteiger charge is 2.48. The molecule has 2 aromatic rings. The summed E-state index contributed by atoms with van der Waals surface area (Å²) in [6.07, 6.45) is -0.865. The van der Waals surface area contributed by atoms with Gasteiger partial charge in [0.05, 0.1) is 31.4 Å². The molecule has 1 amide bonds. The number of rotatable bonds is 5. The maximum Gasteiger partial charge on any atom is 0.417 e.